The highest BCUT2D eigenvalue weighted by molar-refractivity contribution is 5.80. The molecule has 0 amide bonds. The van der Waals surface area contributed by atoms with Crippen LogP contribution in [0, 0.1) is 11.3 Å². The van der Waals surface area contributed by atoms with Gasteiger partial charge in [0.2, 0.25) is 17.3 Å². The third kappa shape index (κ3) is 2.75. The molecule has 0 aliphatic heterocycles. The van der Waals surface area contributed by atoms with E-state index in [-0.39, 0.29) is 23.5 Å². The maximum Gasteiger partial charge on any atom is 0.229 e. The average molecular weight is 321 g/mol. The zero-order valence-electron chi connectivity index (χ0n) is 13.3. The highest BCUT2D eigenvalue weighted by Crippen LogP contribution is 2.14. The Kier molecular flexibility index (Phi) is 3.83. The largest absolute Gasteiger partial charge is 0.368 e. The van der Waals surface area contributed by atoms with Gasteiger partial charge in [-0.3, -0.25) is 4.79 Å². The molecule has 1 aromatic carbocycles. The summed E-state index contributed by atoms with van der Waals surface area (Å²) in [5.41, 5.74) is 6.23. The Bertz CT molecular complexity index is 1020. The molecule has 0 saturated heterocycles. The second kappa shape index (κ2) is 5.96. The van der Waals surface area contributed by atoms with Gasteiger partial charge in [-0.1, -0.05) is 12.1 Å². The summed E-state index contributed by atoms with van der Waals surface area (Å²) in [6, 6.07) is 9.04. The van der Waals surface area contributed by atoms with Gasteiger partial charge in [-0.15, -0.1) is 0 Å². The first-order valence-corrected chi connectivity index (χ1v) is 7.19. The summed E-state index contributed by atoms with van der Waals surface area (Å²) in [6.45, 7) is 0.267. The summed E-state index contributed by atoms with van der Waals surface area (Å²) in [4.78, 5) is 26.5. The summed E-state index contributed by atoms with van der Waals surface area (Å²) in [6.07, 6.45) is 1.51. The smallest absolute Gasteiger partial charge is 0.229 e. The van der Waals surface area contributed by atoms with Crippen LogP contribution >= 0.6 is 0 Å². The van der Waals surface area contributed by atoms with E-state index in [1.165, 1.54) is 6.20 Å². The Morgan fingerprint density at radius 3 is 2.71 bits per heavy atom. The van der Waals surface area contributed by atoms with E-state index in [1.54, 1.807) is 35.7 Å². The van der Waals surface area contributed by atoms with Gasteiger partial charge >= 0.3 is 0 Å². The van der Waals surface area contributed by atoms with E-state index in [0.717, 1.165) is 0 Å². The standard InChI is InChI=1S/C16H15N7O/c1-22(2)16-20-13(19-15(18)21-16)9-23-8-10(7-17)14(24)11-5-3-4-6-12(11)23/h3-6,8H,9H2,1-2H3,(H2,18,19,20,21). The number of anilines is 2. The minimum absolute atomic E-state index is 0.0727. The lowest BCUT2D eigenvalue weighted by atomic mass is 10.1. The van der Waals surface area contributed by atoms with Crippen molar-refractivity contribution in [2.24, 2.45) is 0 Å². The molecule has 0 aliphatic rings. The second-order valence-corrected chi connectivity index (χ2v) is 5.43. The molecule has 0 spiro atoms. The van der Waals surface area contributed by atoms with E-state index < -0.39 is 0 Å². The molecule has 24 heavy (non-hydrogen) atoms. The van der Waals surface area contributed by atoms with E-state index in [1.807, 2.05) is 18.2 Å². The molecule has 3 aromatic rings. The number of nitrogen functional groups attached to an aromatic ring is 1. The molecule has 0 unspecified atom stereocenters. The number of nitrogens with zero attached hydrogens (tertiary/aromatic N) is 6. The van der Waals surface area contributed by atoms with Crippen molar-refractivity contribution in [3.05, 3.63) is 52.1 Å². The van der Waals surface area contributed by atoms with Crippen molar-refractivity contribution in [2.75, 3.05) is 24.7 Å². The molecule has 0 aliphatic carbocycles. The molecule has 2 heterocycles. The molecular weight excluding hydrogens is 306 g/mol. The summed E-state index contributed by atoms with van der Waals surface area (Å²) in [5, 5.41) is 9.68. The summed E-state index contributed by atoms with van der Waals surface area (Å²) in [5.74, 6) is 1.02. The number of para-hydroxylation sites is 1. The van der Waals surface area contributed by atoms with Crippen LogP contribution in [0.3, 0.4) is 0 Å². The van der Waals surface area contributed by atoms with E-state index in [9.17, 15) is 10.1 Å². The number of aromatic nitrogens is 4. The summed E-state index contributed by atoms with van der Waals surface area (Å²) in [7, 11) is 3.61. The van der Waals surface area contributed by atoms with Gasteiger partial charge in [0.25, 0.3) is 0 Å². The van der Waals surface area contributed by atoms with Crippen molar-refractivity contribution >= 4 is 22.8 Å². The Morgan fingerprint density at radius 1 is 1.25 bits per heavy atom. The molecule has 0 atom stereocenters. The predicted molar refractivity (Wildman–Crippen MR) is 90.6 cm³/mol. The van der Waals surface area contributed by atoms with Gasteiger partial charge in [0.1, 0.15) is 11.6 Å². The van der Waals surface area contributed by atoms with Crippen molar-refractivity contribution in [3.8, 4) is 6.07 Å². The van der Waals surface area contributed by atoms with Crippen LogP contribution in [-0.2, 0) is 6.54 Å². The van der Waals surface area contributed by atoms with Gasteiger partial charge in [0.05, 0.1) is 12.1 Å². The lowest BCUT2D eigenvalue weighted by Gasteiger charge is -2.14. The first-order chi connectivity index (χ1) is 11.5. The molecule has 120 valence electrons. The van der Waals surface area contributed by atoms with Crippen LogP contribution in [0.25, 0.3) is 10.9 Å². The number of fused-ring (bicyclic) bond motifs is 1. The number of pyridine rings is 1. The van der Waals surface area contributed by atoms with Crippen LogP contribution in [0.2, 0.25) is 0 Å². The van der Waals surface area contributed by atoms with E-state index in [0.29, 0.717) is 22.7 Å². The number of nitrogens with two attached hydrogens (primary N) is 1. The van der Waals surface area contributed by atoms with Crippen molar-refractivity contribution < 1.29 is 0 Å². The van der Waals surface area contributed by atoms with Crippen LogP contribution in [0.4, 0.5) is 11.9 Å². The summed E-state index contributed by atoms with van der Waals surface area (Å²) < 4.78 is 1.77. The van der Waals surface area contributed by atoms with Gasteiger partial charge in [-0.25, -0.2) is 0 Å². The molecule has 3 rings (SSSR count). The zero-order chi connectivity index (χ0) is 17.3. The van der Waals surface area contributed by atoms with Gasteiger partial charge in [-0.2, -0.15) is 20.2 Å². The minimum Gasteiger partial charge on any atom is -0.368 e. The third-order valence-electron chi connectivity index (χ3n) is 3.51. The molecule has 8 nitrogen and oxygen atoms in total. The highest BCUT2D eigenvalue weighted by Gasteiger charge is 2.11. The number of benzene rings is 1. The maximum absolute atomic E-state index is 12.3. The Balaban J connectivity index is 2.16. The molecule has 2 N–H and O–H groups in total. The second-order valence-electron chi connectivity index (χ2n) is 5.43. The van der Waals surface area contributed by atoms with Gasteiger partial charge in [-0.05, 0) is 12.1 Å². The number of hydrogen-bond donors (Lipinski definition) is 1. The van der Waals surface area contributed by atoms with Crippen LogP contribution in [0.5, 0.6) is 0 Å². The Morgan fingerprint density at radius 2 is 2.00 bits per heavy atom. The third-order valence-corrected chi connectivity index (χ3v) is 3.51. The molecule has 0 bridgehead atoms. The fraction of sp³-hybridized carbons (Fsp3) is 0.188. The van der Waals surface area contributed by atoms with Gasteiger partial charge in [0.15, 0.2) is 5.82 Å². The first kappa shape index (κ1) is 15.4. The van der Waals surface area contributed by atoms with Crippen molar-refractivity contribution in [3.63, 3.8) is 0 Å². The van der Waals surface area contributed by atoms with Crippen molar-refractivity contribution in [1.29, 1.82) is 5.26 Å². The van der Waals surface area contributed by atoms with Crippen LogP contribution in [0.1, 0.15) is 11.4 Å². The Labute approximate surface area is 137 Å². The molecule has 0 radical (unpaired) electrons. The topological polar surface area (TPSA) is 114 Å². The van der Waals surface area contributed by atoms with Crippen molar-refractivity contribution in [1.82, 2.24) is 19.5 Å². The normalized spacial score (nSPS) is 10.5. The fourth-order valence-electron chi connectivity index (χ4n) is 2.40. The number of rotatable bonds is 3. The van der Waals surface area contributed by atoms with E-state index >= 15 is 0 Å². The number of hydrogen-bond acceptors (Lipinski definition) is 7. The molecule has 2 aromatic heterocycles. The Hall–Kier alpha value is -3.47. The quantitative estimate of drug-likeness (QED) is 0.757. The SMILES string of the molecule is CN(C)c1nc(N)nc(Cn2cc(C#N)c(=O)c3ccccc32)n1. The highest BCUT2D eigenvalue weighted by atomic mass is 16.1. The zero-order valence-corrected chi connectivity index (χ0v) is 13.3. The molecular formula is C16H15N7O. The monoisotopic (exact) mass is 321 g/mol. The van der Waals surface area contributed by atoms with Crippen LogP contribution in [-0.4, -0.2) is 33.6 Å². The van der Waals surface area contributed by atoms with Crippen molar-refractivity contribution in [2.45, 2.75) is 6.54 Å². The van der Waals surface area contributed by atoms with Gasteiger partial charge < -0.3 is 15.2 Å². The molecule has 8 heteroatoms. The van der Waals surface area contributed by atoms with E-state index in [2.05, 4.69) is 15.0 Å². The van der Waals surface area contributed by atoms with E-state index in [4.69, 9.17) is 5.73 Å². The molecule has 0 fully saturated rings. The lowest BCUT2D eigenvalue weighted by molar-refractivity contribution is 0.751. The molecule has 0 saturated carbocycles. The minimum atomic E-state index is -0.284. The fourth-order valence-corrected chi connectivity index (χ4v) is 2.40. The predicted octanol–water partition coefficient (Wildman–Crippen LogP) is 0.755. The number of nitriles is 1. The van der Waals surface area contributed by atoms with Gasteiger partial charge in [0, 0.05) is 25.7 Å². The summed E-state index contributed by atoms with van der Waals surface area (Å²) >= 11 is 0. The lowest BCUT2D eigenvalue weighted by Crippen LogP contribution is -2.18. The maximum atomic E-state index is 12.3. The first-order valence-electron chi connectivity index (χ1n) is 7.19. The average Bonchev–Trinajstić information content (AvgIpc) is 2.57. The van der Waals surface area contributed by atoms with Crippen LogP contribution in [0.15, 0.2) is 35.3 Å². The van der Waals surface area contributed by atoms with Crippen LogP contribution < -0.4 is 16.1 Å².